The van der Waals surface area contributed by atoms with Crippen LogP contribution in [-0.2, 0) is 5.41 Å². The molecule has 2 nitrogen and oxygen atoms in total. The lowest BCUT2D eigenvalue weighted by Gasteiger charge is -2.23. The van der Waals surface area contributed by atoms with Crippen LogP contribution in [0.15, 0.2) is 18.2 Å². The minimum Gasteiger partial charge on any atom is -0.496 e. The van der Waals surface area contributed by atoms with E-state index in [2.05, 4.69) is 32.9 Å². The highest BCUT2D eigenvalue weighted by Gasteiger charge is 2.18. The Morgan fingerprint density at radius 1 is 1.33 bits per heavy atom. The van der Waals surface area contributed by atoms with Gasteiger partial charge in [-0.3, -0.25) is 0 Å². The predicted molar refractivity (Wildman–Crippen MR) is 67.1 cm³/mol. The van der Waals surface area contributed by atoms with Crippen LogP contribution in [-0.4, -0.2) is 13.7 Å². The molecule has 0 aliphatic heterocycles. The van der Waals surface area contributed by atoms with Gasteiger partial charge in [0.2, 0.25) is 0 Å². The van der Waals surface area contributed by atoms with Crippen LogP contribution in [0.25, 0.3) is 0 Å². The van der Waals surface area contributed by atoms with Gasteiger partial charge in [0, 0.05) is 12.0 Å². The van der Waals surface area contributed by atoms with Crippen LogP contribution in [0.3, 0.4) is 0 Å². The number of methoxy groups -OCH3 is 1. The Morgan fingerprint density at radius 2 is 1.93 bits per heavy atom. The Balaban J connectivity index is 0.00000196. The topological polar surface area (TPSA) is 35.2 Å². The van der Waals surface area contributed by atoms with Crippen LogP contribution < -0.4 is 10.5 Å². The van der Waals surface area contributed by atoms with Gasteiger partial charge in [0.05, 0.1) is 7.11 Å². The summed E-state index contributed by atoms with van der Waals surface area (Å²) in [5, 5.41) is 0. The van der Waals surface area contributed by atoms with Crippen LogP contribution in [0.4, 0.5) is 0 Å². The molecule has 0 aliphatic carbocycles. The van der Waals surface area contributed by atoms with Gasteiger partial charge in [0.1, 0.15) is 5.75 Å². The maximum atomic E-state index is 5.73. The fourth-order valence-corrected chi connectivity index (χ4v) is 1.42. The zero-order chi connectivity index (χ0) is 10.8. The molecule has 0 atom stereocenters. The SMILES string of the molecule is COc1ccc(C(C)(C)CN)cc1C.Cl. The second kappa shape index (κ2) is 5.38. The Hall–Kier alpha value is -0.730. The second-order valence-electron chi connectivity index (χ2n) is 4.27. The molecule has 0 aromatic heterocycles. The molecule has 0 fully saturated rings. The molecule has 0 heterocycles. The van der Waals surface area contributed by atoms with Crippen molar-refractivity contribution in [3.05, 3.63) is 29.3 Å². The van der Waals surface area contributed by atoms with Crippen molar-refractivity contribution in [1.29, 1.82) is 0 Å². The van der Waals surface area contributed by atoms with E-state index in [0.29, 0.717) is 6.54 Å². The van der Waals surface area contributed by atoms with Gasteiger partial charge in [-0.1, -0.05) is 26.0 Å². The maximum Gasteiger partial charge on any atom is 0.121 e. The first kappa shape index (κ1) is 14.3. The van der Waals surface area contributed by atoms with E-state index >= 15 is 0 Å². The van der Waals surface area contributed by atoms with Crippen molar-refractivity contribution in [3.63, 3.8) is 0 Å². The molecule has 0 bridgehead atoms. The summed E-state index contributed by atoms with van der Waals surface area (Å²) in [6.45, 7) is 7.00. The van der Waals surface area contributed by atoms with E-state index in [1.165, 1.54) is 5.56 Å². The Bertz CT molecular complexity index is 323. The van der Waals surface area contributed by atoms with E-state index in [9.17, 15) is 0 Å². The van der Waals surface area contributed by atoms with Crippen LogP contribution >= 0.6 is 12.4 Å². The fourth-order valence-electron chi connectivity index (χ4n) is 1.42. The van der Waals surface area contributed by atoms with Crippen molar-refractivity contribution in [3.8, 4) is 5.75 Å². The summed E-state index contributed by atoms with van der Waals surface area (Å²) in [4.78, 5) is 0. The molecule has 15 heavy (non-hydrogen) atoms. The Labute approximate surface area is 98.2 Å². The summed E-state index contributed by atoms with van der Waals surface area (Å²) in [6, 6.07) is 6.23. The van der Waals surface area contributed by atoms with E-state index in [0.717, 1.165) is 11.3 Å². The number of benzene rings is 1. The first-order valence-electron chi connectivity index (χ1n) is 4.86. The van der Waals surface area contributed by atoms with E-state index in [1.54, 1.807) is 7.11 Å². The summed E-state index contributed by atoms with van der Waals surface area (Å²) in [6.07, 6.45) is 0. The highest BCUT2D eigenvalue weighted by Crippen LogP contribution is 2.26. The van der Waals surface area contributed by atoms with Crippen LogP contribution in [0.2, 0.25) is 0 Å². The predicted octanol–water partition coefficient (Wildman–Crippen LogP) is 2.66. The quantitative estimate of drug-likeness (QED) is 0.865. The average Bonchev–Trinajstić information content (AvgIpc) is 2.17. The summed E-state index contributed by atoms with van der Waals surface area (Å²) >= 11 is 0. The molecule has 0 saturated carbocycles. The second-order valence-corrected chi connectivity index (χ2v) is 4.27. The minimum atomic E-state index is 0. The van der Waals surface area contributed by atoms with Gasteiger partial charge < -0.3 is 10.5 Å². The van der Waals surface area contributed by atoms with Gasteiger partial charge >= 0.3 is 0 Å². The smallest absolute Gasteiger partial charge is 0.121 e. The molecule has 86 valence electrons. The summed E-state index contributed by atoms with van der Waals surface area (Å²) in [5.74, 6) is 0.932. The van der Waals surface area contributed by atoms with E-state index in [4.69, 9.17) is 10.5 Å². The molecule has 0 spiro atoms. The zero-order valence-corrected chi connectivity index (χ0v) is 10.6. The fraction of sp³-hybridized carbons (Fsp3) is 0.500. The third-order valence-electron chi connectivity index (χ3n) is 2.69. The first-order valence-corrected chi connectivity index (χ1v) is 4.86. The Kier molecular flexibility index (Phi) is 5.12. The molecule has 1 rings (SSSR count). The number of hydrogen-bond acceptors (Lipinski definition) is 2. The third kappa shape index (κ3) is 3.11. The molecule has 0 aliphatic rings. The first-order chi connectivity index (χ1) is 6.51. The van der Waals surface area contributed by atoms with Gasteiger partial charge in [-0.05, 0) is 24.1 Å². The zero-order valence-electron chi connectivity index (χ0n) is 9.83. The number of rotatable bonds is 3. The lowest BCUT2D eigenvalue weighted by molar-refractivity contribution is 0.411. The molecule has 1 aromatic carbocycles. The number of hydrogen-bond donors (Lipinski definition) is 1. The summed E-state index contributed by atoms with van der Waals surface area (Å²) in [5.41, 5.74) is 8.19. The number of ether oxygens (including phenoxy) is 1. The molecule has 2 N–H and O–H groups in total. The van der Waals surface area contributed by atoms with Crippen molar-refractivity contribution in [2.45, 2.75) is 26.2 Å². The standard InChI is InChI=1S/C12H19NO.ClH/c1-9-7-10(12(2,3)8-13)5-6-11(9)14-4;/h5-7H,8,13H2,1-4H3;1H. The lowest BCUT2D eigenvalue weighted by Crippen LogP contribution is -2.28. The van der Waals surface area contributed by atoms with Crippen molar-refractivity contribution >= 4 is 12.4 Å². The molecule has 0 saturated heterocycles. The highest BCUT2D eigenvalue weighted by atomic mass is 35.5. The highest BCUT2D eigenvalue weighted by molar-refractivity contribution is 5.85. The molecule has 1 aromatic rings. The lowest BCUT2D eigenvalue weighted by atomic mass is 9.84. The molecule has 0 radical (unpaired) electrons. The minimum absolute atomic E-state index is 0. The van der Waals surface area contributed by atoms with Crippen LogP contribution in [0, 0.1) is 6.92 Å². The van der Waals surface area contributed by atoms with Gasteiger partial charge in [0.25, 0.3) is 0 Å². The summed E-state index contributed by atoms with van der Waals surface area (Å²) in [7, 11) is 1.69. The van der Waals surface area contributed by atoms with Crippen LogP contribution in [0.1, 0.15) is 25.0 Å². The van der Waals surface area contributed by atoms with Gasteiger partial charge in [-0.2, -0.15) is 0 Å². The molecular formula is C12H20ClNO. The summed E-state index contributed by atoms with van der Waals surface area (Å²) < 4.78 is 5.22. The van der Waals surface area contributed by atoms with E-state index in [1.807, 2.05) is 6.07 Å². The largest absolute Gasteiger partial charge is 0.496 e. The van der Waals surface area contributed by atoms with Crippen LogP contribution in [0.5, 0.6) is 5.75 Å². The molecule has 0 amide bonds. The van der Waals surface area contributed by atoms with Gasteiger partial charge in [-0.25, -0.2) is 0 Å². The number of aryl methyl sites for hydroxylation is 1. The van der Waals surface area contributed by atoms with Gasteiger partial charge in [-0.15, -0.1) is 12.4 Å². The molecular weight excluding hydrogens is 210 g/mol. The maximum absolute atomic E-state index is 5.73. The van der Waals surface area contributed by atoms with Crippen molar-refractivity contribution in [2.75, 3.05) is 13.7 Å². The molecule has 3 heteroatoms. The normalized spacial score (nSPS) is 10.7. The molecule has 0 unspecified atom stereocenters. The number of nitrogens with two attached hydrogens (primary N) is 1. The van der Waals surface area contributed by atoms with Crippen molar-refractivity contribution in [2.24, 2.45) is 5.73 Å². The third-order valence-corrected chi connectivity index (χ3v) is 2.69. The average molecular weight is 230 g/mol. The van der Waals surface area contributed by atoms with E-state index < -0.39 is 0 Å². The van der Waals surface area contributed by atoms with Gasteiger partial charge in [0.15, 0.2) is 0 Å². The monoisotopic (exact) mass is 229 g/mol. The Morgan fingerprint density at radius 3 is 2.33 bits per heavy atom. The van der Waals surface area contributed by atoms with Crippen molar-refractivity contribution < 1.29 is 4.74 Å². The van der Waals surface area contributed by atoms with E-state index in [-0.39, 0.29) is 17.8 Å². The van der Waals surface area contributed by atoms with Crippen molar-refractivity contribution in [1.82, 2.24) is 0 Å². The number of halogens is 1.